The number of carbonyl (C=O) groups is 3. The van der Waals surface area contributed by atoms with Gasteiger partial charge in [0.1, 0.15) is 17.3 Å². The first-order valence-corrected chi connectivity index (χ1v) is 12.3. The smallest absolute Gasteiger partial charge is 0.238 e. The lowest BCUT2D eigenvalue weighted by Gasteiger charge is -2.38. The number of halogens is 1. The summed E-state index contributed by atoms with van der Waals surface area (Å²) in [5.41, 5.74) is 1.79. The van der Waals surface area contributed by atoms with Gasteiger partial charge >= 0.3 is 0 Å². The molecule has 0 radical (unpaired) electrons. The molecule has 186 valence electrons. The predicted molar refractivity (Wildman–Crippen MR) is 138 cm³/mol. The number of hydrogen-bond donors (Lipinski definition) is 1. The van der Waals surface area contributed by atoms with E-state index >= 15 is 0 Å². The first kappa shape index (κ1) is 22.4. The maximum Gasteiger partial charge on any atom is 0.238 e. The Labute approximate surface area is 217 Å². The Kier molecular flexibility index (Phi) is 4.79. The molecule has 3 aliphatic rings. The van der Waals surface area contributed by atoms with E-state index in [1.54, 1.807) is 24.4 Å². The molecule has 7 heteroatoms. The summed E-state index contributed by atoms with van der Waals surface area (Å²) in [6.07, 6.45) is 5.10. The highest BCUT2D eigenvalue weighted by atomic mass is 19.1. The van der Waals surface area contributed by atoms with Gasteiger partial charge in [0.15, 0.2) is 11.5 Å². The maximum absolute atomic E-state index is 14.5. The molecule has 4 atom stereocenters. The number of carbonyl (C=O) groups excluding carboxylic acids is 3. The van der Waals surface area contributed by atoms with Gasteiger partial charge in [0, 0.05) is 17.5 Å². The molecule has 38 heavy (non-hydrogen) atoms. The van der Waals surface area contributed by atoms with Gasteiger partial charge in [-0.25, -0.2) is 4.39 Å². The molecular weight excluding hydrogens is 483 g/mol. The summed E-state index contributed by atoms with van der Waals surface area (Å²) in [5.74, 6) is -2.68. The van der Waals surface area contributed by atoms with E-state index in [1.165, 1.54) is 30.5 Å². The molecule has 1 N–H and O–H groups in total. The van der Waals surface area contributed by atoms with Gasteiger partial charge in [-0.1, -0.05) is 42.5 Å². The summed E-state index contributed by atoms with van der Waals surface area (Å²) < 4.78 is 19.3. The second kappa shape index (κ2) is 8.11. The molecule has 6 nitrogen and oxygen atoms in total. The molecule has 1 amide bonds. The van der Waals surface area contributed by atoms with Crippen molar-refractivity contribution >= 4 is 29.2 Å². The molecule has 4 aromatic rings. The topological polar surface area (TPSA) is 79.6 Å². The minimum atomic E-state index is -1.43. The number of ketones is 2. The molecule has 0 aliphatic carbocycles. The van der Waals surface area contributed by atoms with Crippen LogP contribution in [0.1, 0.15) is 43.6 Å². The van der Waals surface area contributed by atoms with E-state index in [2.05, 4.69) is 5.32 Å². The lowest BCUT2D eigenvalue weighted by Crippen LogP contribution is -2.49. The number of amides is 1. The fourth-order valence-corrected chi connectivity index (χ4v) is 6.53. The third-order valence-corrected chi connectivity index (χ3v) is 8.01. The van der Waals surface area contributed by atoms with E-state index in [9.17, 15) is 18.8 Å². The minimum absolute atomic E-state index is 0.0988. The van der Waals surface area contributed by atoms with Gasteiger partial charge in [0.25, 0.3) is 0 Å². The Bertz CT molecular complexity index is 1640. The van der Waals surface area contributed by atoms with Crippen LogP contribution in [-0.4, -0.2) is 28.4 Å². The third kappa shape index (κ3) is 2.90. The molecule has 1 fully saturated rings. The molecule has 1 aromatic heterocycles. The molecule has 0 saturated carbocycles. The van der Waals surface area contributed by atoms with Gasteiger partial charge < -0.3 is 14.6 Å². The maximum atomic E-state index is 14.5. The van der Waals surface area contributed by atoms with Crippen LogP contribution in [0.5, 0.6) is 0 Å². The number of furan rings is 1. The monoisotopic (exact) mass is 504 g/mol. The molecule has 7 rings (SSSR count). The Hall–Kier alpha value is -4.78. The number of para-hydroxylation sites is 1. The van der Waals surface area contributed by atoms with Crippen molar-refractivity contribution in [1.82, 2.24) is 4.90 Å². The average molecular weight is 505 g/mol. The molecule has 0 bridgehead atoms. The minimum Gasteiger partial charge on any atom is -0.461 e. The zero-order valence-electron chi connectivity index (χ0n) is 20.0. The van der Waals surface area contributed by atoms with E-state index in [0.717, 1.165) is 11.1 Å². The van der Waals surface area contributed by atoms with Crippen LogP contribution in [0.3, 0.4) is 0 Å². The van der Waals surface area contributed by atoms with Crippen molar-refractivity contribution in [2.24, 2.45) is 5.92 Å². The van der Waals surface area contributed by atoms with Crippen LogP contribution >= 0.6 is 0 Å². The average Bonchev–Trinajstić information content (AvgIpc) is 3.65. The number of benzene rings is 3. The van der Waals surface area contributed by atoms with E-state index in [0.29, 0.717) is 11.3 Å². The Morgan fingerprint density at radius 2 is 1.66 bits per heavy atom. The van der Waals surface area contributed by atoms with Crippen molar-refractivity contribution in [1.29, 1.82) is 0 Å². The summed E-state index contributed by atoms with van der Waals surface area (Å²) in [5, 5.41) is 3.00. The number of anilines is 1. The van der Waals surface area contributed by atoms with E-state index in [1.807, 2.05) is 53.4 Å². The van der Waals surface area contributed by atoms with Gasteiger partial charge in [-0.3, -0.25) is 14.4 Å². The van der Waals surface area contributed by atoms with Crippen LogP contribution in [-0.2, 0) is 10.2 Å². The van der Waals surface area contributed by atoms with E-state index in [-0.39, 0.29) is 17.2 Å². The molecule has 4 heterocycles. The van der Waals surface area contributed by atoms with Crippen LogP contribution in [0.15, 0.2) is 102 Å². The van der Waals surface area contributed by atoms with Crippen molar-refractivity contribution in [3.8, 4) is 0 Å². The molecule has 3 aliphatic heterocycles. The van der Waals surface area contributed by atoms with Crippen molar-refractivity contribution in [3.63, 3.8) is 0 Å². The number of nitrogens with one attached hydrogen (secondary N) is 1. The molecule has 0 unspecified atom stereocenters. The number of nitrogens with zero attached hydrogens (tertiary/aromatic N) is 1. The number of Topliss-reactive ketones (excluding diaryl/α,β-unsaturated/α-hetero) is 2. The largest absolute Gasteiger partial charge is 0.461 e. The highest BCUT2D eigenvalue weighted by molar-refractivity contribution is 6.16. The lowest BCUT2D eigenvalue weighted by molar-refractivity contribution is -0.122. The molecule has 1 saturated heterocycles. The van der Waals surface area contributed by atoms with Gasteiger partial charge in [0.05, 0.1) is 18.2 Å². The Morgan fingerprint density at radius 3 is 2.45 bits per heavy atom. The first-order valence-electron chi connectivity index (χ1n) is 12.3. The van der Waals surface area contributed by atoms with Crippen molar-refractivity contribution in [2.45, 2.75) is 17.5 Å². The second-order valence-electron chi connectivity index (χ2n) is 9.80. The van der Waals surface area contributed by atoms with Gasteiger partial charge in [-0.15, -0.1) is 0 Å². The number of fused-ring (bicyclic) bond motifs is 6. The third-order valence-electron chi connectivity index (χ3n) is 8.01. The molecule has 3 aromatic carbocycles. The van der Waals surface area contributed by atoms with E-state index < -0.39 is 40.8 Å². The fraction of sp³-hybridized carbons (Fsp3) is 0.129. The van der Waals surface area contributed by atoms with Crippen LogP contribution in [0.4, 0.5) is 10.1 Å². The molecular formula is C31H21FN2O4. The summed E-state index contributed by atoms with van der Waals surface area (Å²) >= 11 is 0. The summed E-state index contributed by atoms with van der Waals surface area (Å²) in [7, 11) is 0. The van der Waals surface area contributed by atoms with Crippen LogP contribution in [0.2, 0.25) is 0 Å². The van der Waals surface area contributed by atoms with Crippen molar-refractivity contribution < 1.29 is 23.2 Å². The summed E-state index contributed by atoms with van der Waals surface area (Å²) in [4.78, 5) is 44.7. The Balaban J connectivity index is 1.55. The standard InChI is InChI=1S/C31H21FN2O4/c32-20-13-11-19(12-14-20)27(35)25-26(28(36)24-10-5-17-38-24)34-16-15-18-6-1-2-7-21(18)29(34)31(25)22-8-3-4-9-23(22)33-30(31)37/h1-17,25-26,29H,(H,33,37)/t25-,26+,29-,31-/m1/s1. The number of rotatable bonds is 4. The van der Waals surface area contributed by atoms with Crippen LogP contribution in [0.25, 0.3) is 6.08 Å². The van der Waals surface area contributed by atoms with E-state index in [4.69, 9.17) is 4.42 Å². The fourth-order valence-electron chi connectivity index (χ4n) is 6.53. The number of hydrogen-bond acceptors (Lipinski definition) is 5. The Morgan fingerprint density at radius 1 is 0.895 bits per heavy atom. The molecule has 1 spiro atoms. The van der Waals surface area contributed by atoms with Crippen LogP contribution < -0.4 is 5.32 Å². The summed E-state index contributed by atoms with van der Waals surface area (Å²) in [6.45, 7) is 0. The highest BCUT2D eigenvalue weighted by Gasteiger charge is 2.71. The predicted octanol–water partition coefficient (Wildman–Crippen LogP) is 5.40. The zero-order chi connectivity index (χ0) is 26.0. The van der Waals surface area contributed by atoms with Gasteiger partial charge in [-0.05, 0) is 65.2 Å². The quantitative estimate of drug-likeness (QED) is 0.377. The second-order valence-corrected chi connectivity index (χ2v) is 9.80. The first-order chi connectivity index (χ1) is 18.5. The van der Waals surface area contributed by atoms with Gasteiger partial charge in [-0.2, -0.15) is 0 Å². The SMILES string of the molecule is O=C(c1ccco1)[C@@H]1[C@H](C(=O)c2ccc(F)cc2)[C@@]2(C(=O)Nc3ccccc32)[C@H]2c3ccccc3C=CN12. The summed E-state index contributed by atoms with van der Waals surface area (Å²) in [6, 6.07) is 21.7. The lowest BCUT2D eigenvalue weighted by atomic mass is 9.62. The normalized spacial score (nSPS) is 24.6. The van der Waals surface area contributed by atoms with Gasteiger partial charge in [0.2, 0.25) is 11.7 Å². The van der Waals surface area contributed by atoms with Crippen molar-refractivity contribution in [3.05, 3.63) is 131 Å². The van der Waals surface area contributed by atoms with Crippen molar-refractivity contribution in [2.75, 3.05) is 5.32 Å². The highest BCUT2D eigenvalue weighted by Crippen LogP contribution is 2.62. The van der Waals surface area contributed by atoms with Crippen LogP contribution in [0, 0.1) is 11.7 Å². The zero-order valence-corrected chi connectivity index (χ0v) is 20.0.